The highest BCUT2D eigenvalue weighted by atomic mass is 19.4. The van der Waals surface area contributed by atoms with Crippen LogP contribution in [-0.2, 0) is 6.18 Å². The standard InChI is InChI=1S/C15H24F3N3/c1-4-14(2,3)10-5-6-11(19)12(9-10)21-8-7-13(20-21)15(16,17)18/h7-8,10-12H,4-6,9,19H2,1-3H3. The van der Waals surface area contributed by atoms with Crippen molar-refractivity contribution in [3.8, 4) is 0 Å². The molecule has 1 aromatic rings. The first-order chi connectivity index (χ1) is 9.65. The maximum absolute atomic E-state index is 12.7. The van der Waals surface area contributed by atoms with E-state index in [9.17, 15) is 13.2 Å². The second-order valence-electron chi connectivity index (χ2n) is 6.76. The summed E-state index contributed by atoms with van der Waals surface area (Å²) in [7, 11) is 0. The molecule has 0 aromatic carbocycles. The molecule has 1 saturated carbocycles. The molecule has 6 heteroatoms. The highest BCUT2D eigenvalue weighted by molar-refractivity contribution is 5.05. The molecular weight excluding hydrogens is 279 g/mol. The van der Waals surface area contributed by atoms with Gasteiger partial charge in [0.2, 0.25) is 0 Å². The van der Waals surface area contributed by atoms with Crippen LogP contribution in [0.15, 0.2) is 12.3 Å². The third kappa shape index (κ3) is 3.42. The van der Waals surface area contributed by atoms with Crippen LogP contribution in [0.3, 0.4) is 0 Å². The minimum absolute atomic E-state index is 0.130. The van der Waals surface area contributed by atoms with Crippen molar-refractivity contribution < 1.29 is 13.2 Å². The van der Waals surface area contributed by atoms with Crippen LogP contribution in [0, 0.1) is 11.3 Å². The second kappa shape index (κ2) is 5.63. The number of rotatable bonds is 3. The van der Waals surface area contributed by atoms with Crippen molar-refractivity contribution in [2.24, 2.45) is 17.1 Å². The Morgan fingerprint density at radius 1 is 1.33 bits per heavy atom. The molecule has 0 radical (unpaired) electrons. The zero-order chi connectivity index (χ0) is 15.8. The van der Waals surface area contributed by atoms with Crippen molar-refractivity contribution in [2.45, 2.75) is 64.7 Å². The lowest BCUT2D eigenvalue weighted by Crippen LogP contribution is -2.41. The Balaban J connectivity index is 2.19. The van der Waals surface area contributed by atoms with Crippen LogP contribution in [0.4, 0.5) is 13.2 Å². The van der Waals surface area contributed by atoms with E-state index in [0.717, 1.165) is 31.7 Å². The molecule has 2 N–H and O–H groups in total. The molecule has 0 aliphatic heterocycles. The normalized spacial score (nSPS) is 27.9. The molecule has 1 fully saturated rings. The first kappa shape index (κ1) is 16.3. The van der Waals surface area contributed by atoms with Crippen molar-refractivity contribution in [3.05, 3.63) is 18.0 Å². The molecule has 1 aliphatic carbocycles. The van der Waals surface area contributed by atoms with E-state index < -0.39 is 11.9 Å². The predicted molar refractivity (Wildman–Crippen MR) is 75.7 cm³/mol. The number of nitrogens with two attached hydrogens (primary N) is 1. The highest BCUT2D eigenvalue weighted by Gasteiger charge is 2.39. The maximum Gasteiger partial charge on any atom is 0.435 e. The molecule has 2 rings (SSSR count). The molecule has 1 heterocycles. The largest absolute Gasteiger partial charge is 0.435 e. The van der Waals surface area contributed by atoms with Crippen LogP contribution in [-0.4, -0.2) is 15.8 Å². The number of halogens is 3. The van der Waals surface area contributed by atoms with Gasteiger partial charge in [0.05, 0.1) is 6.04 Å². The summed E-state index contributed by atoms with van der Waals surface area (Å²) < 4.78 is 39.5. The topological polar surface area (TPSA) is 43.8 Å². The second-order valence-corrected chi connectivity index (χ2v) is 6.76. The summed E-state index contributed by atoms with van der Waals surface area (Å²) in [5.74, 6) is 0.464. The quantitative estimate of drug-likeness (QED) is 0.917. The Labute approximate surface area is 123 Å². The minimum atomic E-state index is -4.40. The van der Waals surface area contributed by atoms with Gasteiger partial charge >= 0.3 is 6.18 Å². The Morgan fingerprint density at radius 3 is 2.52 bits per heavy atom. The summed E-state index contributed by atoms with van der Waals surface area (Å²) in [6, 6.07) is 0.752. The van der Waals surface area contributed by atoms with Crippen LogP contribution in [0.25, 0.3) is 0 Å². The number of alkyl halides is 3. The van der Waals surface area contributed by atoms with Crippen LogP contribution in [0.2, 0.25) is 0 Å². The highest BCUT2D eigenvalue weighted by Crippen LogP contribution is 2.43. The zero-order valence-corrected chi connectivity index (χ0v) is 12.8. The molecule has 1 aromatic heterocycles. The molecule has 0 spiro atoms. The van der Waals surface area contributed by atoms with E-state index in [1.54, 1.807) is 0 Å². The summed E-state index contributed by atoms with van der Waals surface area (Å²) in [5.41, 5.74) is 5.47. The van der Waals surface area contributed by atoms with Crippen molar-refractivity contribution in [1.82, 2.24) is 9.78 Å². The Hall–Kier alpha value is -1.04. The first-order valence-corrected chi connectivity index (χ1v) is 7.53. The fourth-order valence-corrected chi connectivity index (χ4v) is 3.15. The number of aromatic nitrogens is 2. The summed E-state index contributed by atoms with van der Waals surface area (Å²) in [5, 5.41) is 3.71. The van der Waals surface area contributed by atoms with E-state index in [2.05, 4.69) is 25.9 Å². The summed E-state index contributed by atoms with van der Waals surface area (Å²) in [6.45, 7) is 6.59. The maximum atomic E-state index is 12.7. The molecule has 21 heavy (non-hydrogen) atoms. The van der Waals surface area contributed by atoms with Crippen LogP contribution >= 0.6 is 0 Å². The van der Waals surface area contributed by atoms with Gasteiger partial charge in [-0.25, -0.2) is 0 Å². The lowest BCUT2D eigenvalue weighted by atomic mass is 9.67. The SMILES string of the molecule is CCC(C)(C)C1CCC(N)C(n2ccc(C(F)(F)F)n2)C1. The van der Waals surface area contributed by atoms with Gasteiger partial charge in [-0.3, -0.25) is 4.68 Å². The van der Waals surface area contributed by atoms with Gasteiger partial charge in [-0.05, 0) is 36.7 Å². The van der Waals surface area contributed by atoms with Gasteiger partial charge < -0.3 is 5.73 Å². The Morgan fingerprint density at radius 2 is 2.00 bits per heavy atom. The fourth-order valence-electron chi connectivity index (χ4n) is 3.15. The smallest absolute Gasteiger partial charge is 0.326 e. The van der Waals surface area contributed by atoms with E-state index in [-0.39, 0.29) is 17.5 Å². The lowest BCUT2D eigenvalue weighted by molar-refractivity contribution is -0.141. The third-order valence-electron chi connectivity index (χ3n) is 5.12. The van der Waals surface area contributed by atoms with Gasteiger partial charge in [-0.1, -0.05) is 27.2 Å². The van der Waals surface area contributed by atoms with Gasteiger partial charge in [-0.2, -0.15) is 18.3 Å². The molecule has 120 valence electrons. The number of hydrogen-bond acceptors (Lipinski definition) is 2. The molecule has 3 atom stereocenters. The zero-order valence-electron chi connectivity index (χ0n) is 12.8. The van der Waals surface area contributed by atoms with Gasteiger partial charge in [0.1, 0.15) is 0 Å². The monoisotopic (exact) mass is 303 g/mol. The van der Waals surface area contributed by atoms with E-state index in [1.165, 1.54) is 10.9 Å². The molecule has 0 saturated heterocycles. The van der Waals surface area contributed by atoms with Crippen molar-refractivity contribution in [1.29, 1.82) is 0 Å². The van der Waals surface area contributed by atoms with Gasteiger partial charge in [-0.15, -0.1) is 0 Å². The third-order valence-corrected chi connectivity index (χ3v) is 5.12. The van der Waals surface area contributed by atoms with Crippen molar-refractivity contribution >= 4 is 0 Å². The number of hydrogen-bond donors (Lipinski definition) is 1. The van der Waals surface area contributed by atoms with Gasteiger partial charge in [0, 0.05) is 12.2 Å². The Bertz CT molecular complexity index is 479. The Kier molecular flexibility index (Phi) is 4.38. The molecule has 3 nitrogen and oxygen atoms in total. The average molecular weight is 303 g/mol. The van der Waals surface area contributed by atoms with Crippen LogP contribution in [0.1, 0.15) is 58.2 Å². The van der Waals surface area contributed by atoms with Crippen molar-refractivity contribution in [3.63, 3.8) is 0 Å². The molecule has 3 unspecified atom stereocenters. The molecule has 0 bridgehead atoms. The van der Waals surface area contributed by atoms with E-state index in [4.69, 9.17) is 5.73 Å². The fraction of sp³-hybridized carbons (Fsp3) is 0.800. The van der Waals surface area contributed by atoms with Gasteiger partial charge in [0.25, 0.3) is 0 Å². The van der Waals surface area contributed by atoms with E-state index >= 15 is 0 Å². The van der Waals surface area contributed by atoms with Crippen molar-refractivity contribution in [2.75, 3.05) is 0 Å². The minimum Gasteiger partial charge on any atom is -0.326 e. The first-order valence-electron chi connectivity index (χ1n) is 7.53. The molecular formula is C15H24F3N3. The lowest BCUT2D eigenvalue weighted by Gasteiger charge is -2.42. The predicted octanol–water partition coefficient (Wildman–Crippen LogP) is 4.01. The van der Waals surface area contributed by atoms with Crippen LogP contribution < -0.4 is 5.73 Å². The molecule has 1 aliphatic rings. The van der Waals surface area contributed by atoms with Gasteiger partial charge in [0.15, 0.2) is 5.69 Å². The van der Waals surface area contributed by atoms with E-state index in [0.29, 0.717) is 5.92 Å². The van der Waals surface area contributed by atoms with E-state index in [1.807, 2.05) is 0 Å². The summed E-state index contributed by atoms with van der Waals surface area (Å²) >= 11 is 0. The average Bonchev–Trinajstić information content (AvgIpc) is 2.88. The molecule has 0 amide bonds. The summed E-state index contributed by atoms with van der Waals surface area (Å²) in [4.78, 5) is 0. The number of nitrogens with zero attached hydrogens (tertiary/aromatic N) is 2. The summed E-state index contributed by atoms with van der Waals surface area (Å²) in [6.07, 6.45) is 0.722. The van der Waals surface area contributed by atoms with Crippen LogP contribution in [0.5, 0.6) is 0 Å².